The van der Waals surface area contributed by atoms with E-state index in [1.165, 1.54) is 35.6 Å². The van der Waals surface area contributed by atoms with Crippen LogP contribution in [-0.2, 0) is 11.0 Å². The summed E-state index contributed by atoms with van der Waals surface area (Å²) in [6.45, 7) is 1.53. The number of halogens is 3. The van der Waals surface area contributed by atoms with E-state index in [0.29, 0.717) is 42.4 Å². The summed E-state index contributed by atoms with van der Waals surface area (Å²) >= 11 is 1.32. The number of aromatic nitrogens is 1. The number of anilines is 1. The second-order valence-corrected chi connectivity index (χ2v) is 8.37. The first-order valence-electron chi connectivity index (χ1n) is 9.80. The topological polar surface area (TPSA) is 79.5 Å². The lowest BCUT2D eigenvalue weighted by Crippen LogP contribution is -2.50. The Balaban J connectivity index is 1.33. The van der Waals surface area contributed by atoms with Crippen LogP contribution in [0, 0.1) is 0 Å². The number of hydrogen-bond donors (Lipinski definition) is 1. The number of carbonyl (C=O) groups excluding carboxylic acids is 2. The van der Waals surface area contributed by atoms with Crippen molar-refractivity contribution in [1.29, 1.82) is 0 Å². The average molecular weight is 460 g/mol. The van der Waals surface area contributed by atoms with Gasteiger partial charge in [0.15, 0.2) is 5.13 Å². The van der Waals surface area contributed by atoms with Crippen molar-refractivity contribution in [3.8, 4) is 0 Å². The van der Waals surface area contributed by atoms with Gasteiger partial charge in [0.2, 0.25) is 5.91 Å². The number of hydrogen-bond acceptors (Lipinski definition) is 5. The fourth-order valence-corrected chi connectivity index (χ4v) is 4.22. The fraction of sp³-hybridized carbons (Fsp3) is 0.227. The Hall–Kier alpha value is -3.40. The normalized spacial score (nSPS) is 15.0. The van der Waals surface area contributed by atoms with Crippen LogP contribution in [-0.4, -0.2) is 52.8 Å². The Kier molecular flexibility index (Phi) is 5.88. The maximum absolute atomic E-state index is 12.8. The van der Waals surface area contributed by atoms with Gasteiger partial charge in [-0.2, -0.15) is 13.2 Å². The van der Waals surface area contributed by atoms with E-state index in [-0.39, 0.29) is 11.8 Å². The third kappa shape index (κ3) is 4.75. The van der Waals surface area contributed by atoms with Crippen molar-refractivity contribution in [3.05, 3.63) is 65.2 Å². The number of nitrogen functional groups attached to an aromatic ring is 1. The van der Waals surface area contributed by atoms with Gasteiger partial charge < -0.3 is 15.5 Å². The van der Waals surface area contributed by atoms with Gasteiger partial charge >= 0.3 is 6.18 Å². The molecule has 1 saturated heterocycles. The second kappa shape index (κ2) is 8.62. The Morgan fingerprint density at radius 3 is 2.31 bits per heavy atom. The first-order chi connectivity index (χ1) is 15.2. The maximum atomic E-state index is 12.8. The molecule has 0 bridgehead atoms. The minimum Gasteiger partial charge on any atom is -0.375 e. The van der Waals surface area contributed by atoms with Crippen molar-refractivity contribution in [2.45, 2.75) is 6.18 Å². The number of piperazine rings is 1. The number of amides is 2. The number of alkyl halides is 3. The molecule has 4 rings (SSSR count). The van der Waals surface area contributed by atoms with Gasteiger partial charge in [-0.3, -0.25) is 9.59 Å². The van der Waals surface area contributed by atoms with Gasteiger partial charge in [0.05, 0.1) is 15.8 Å². The molecule has 0 atom stereocenters. The van der Waals surface area contributed by atoms with Gasteiger partial charge in [-0.25, -0.2) is 4.98 Å². The van der Waals surface area contributed by atoms with Gasteiger partial charge in [-0.1, -0.05) is 23.5 Å². The van der Waals surface area contributed by atoms with Gasteiger partial charge in [0.1, 0.15) is 0 Å². The molecule has 6 nitrogen and oxygen atoms in total. The molecule has 0 radical (unpaired) electrons. The second-order valence-electron chi connectivity index (χ2n) is 7.31. The first kappa shape index (κ1) is 21.8. The van der Waals surface area contributed by atoms with Crippen LogP contribution in [0.25, 0.3) is 16.3 Å². The van der Waals surface area contributed by atoms with E-state index in [0.717, 1.165) is 22.3 Å². The van der Waals surface area contributed by atoms with E-state index in [2.05, 4.69) is 4.98 Å². The molecule has 10 heteroatoms. The van der Waals surface area contributed by atoms with E-state index < -0.39 is 11.7 Å². The Morgan fingerprint density at radius 2 is 1.66 bits per heavy atom. The van der Waals surface area contributed by atoms with Crippen LogP contribution in [0.2, 0.25) is 0 Å². The summed E-state index contributed by atoms with van der Waals surface area (Å²) in [5.41, 5.74) is 6.77. The number of nitrogens with zero attached hydrogens (tertiary/aromatic N) is 3. The van der Waals surface area contributed by atoms with Crippen molar-refractivity contribution in [1.82, 2.24) is 14.8 Å². The van der Waals surface area contributed by atoms with Crippen molar-refractivity contribution in [2.75, 3.05) is 31.9 Å². The zero-order chi connectivity index (χ0) is 22.9. The summed E-state index contributed by atoms with van der Waals surface area (Å²) in [6, 6.07) is 9.85. The third-order valence-electron chi connectivity index (χ3n) is 5.19. The van der Waals surface area contributed by atoms with Crippen molar-refractivity contribution in [2.24, 2.45) is 0 Å². The van der Waals surface area contributed by atoms with E-state index in [1.807, 2.05) is 0 Å². The third-order valence-corrected chi connectivity index (χ3v) is 6.03. The summed E-state index contributed by atoms with van der Waals surface area (Å²) < 4.78 is 38.7. The van der Waals surface area contributed by atoms with Crippen LogP contribution >= 0.6 is 11.3 Å². The molecule has 0 spiro atoms. The largest absolute Gasteiger partial charge is 0.416 e. The highest BCUT2D eigenvalue weighted by Crippen LogP contribution is 2.29. The molecular weight excluding hydrogens is 441 g/mol. The molecule has 2 N–H and O–H groups in total. The molecule has 1 aliphatic heterocycles. The van der Waals surface area contributed by atoms with E-state index in [9.17, 15) is 22.8 Å². The fourth-order valence-electron chi connectivity index (χ4n) is 3.44. The van der Waals surface area contributed by atoms with Crippen LogP contribution in [0.3, 0.4) is 0 Å². The number of benzene rings is 2. The van der Waals surface area contributed by atoms with Crippen LogP contribution in [0.5, 0.6) is 0 Å². The predicted octanol–water partition coefficient (Wildman–Crippen LogP) is 3.90. The highest BCUT2D eigenvalue weighted by atomic mass is 32.1. The molecular formula is C22H19F3N4O2S. The zero-order valence-corrected chi connectivity index (χ0v) is 17.6. The predicted molar refractivity (Wildman–Crippen MR) is 117 cm³/mol. The number of rotatable bonds is 3. The molecule has 32 heavy (non-hydrogen) atoms. The smallest absolute Gasteiger partial charge is 0.375 e. The summed E-state index contributed by atoms with van der Waals surface area (Å²) in [5, 5.41) is 0.445. The van der Waals surface area contributed by atoms with Gasteiger partial charge in [-0.05, 0) is 42.0 Å². The van der Waals surface area contributed by atoms with Crippen molar-refractivity contribution < 1.29 is 22.8 Å². The standard InChI is InChI=1S/C22H19F3N4O2S/c23-22(24,25)16-5-1-14(2-6-16)3-8-19(30)28-9-11-29(12-10-28)20(31)15-4-7-17-18(13-15)32-21(26)27-17/h1-8,13H,9-12H2,(H2,26,27)/b8-3+. The molecule has 166 valence electrons. The molecule has 0 unspecified atom stereocenters. The lowest BCUT2D eigenvalue weighted by molar-refractivity contribution is -0.137. The van der Waals surface area contributed by atoms with Crippen molar-refractivity contribution >= 4 is 44.6 Å². The van der Waals surface area contributed by atoms with Crippen molar-refractivity contribution in [3.63, 3.8) is 0 Å². The lowest BCUT2D eigenvalue weighted by Gasteiger charge is -2.34. The van der Waals surface area contributed by atoms with Crippen LogP contribution < -0.4 is 5.73 Å². The van der Waals surface area contributed by atoms with Gasteiger partial charge in [0, 0.05) is 37.8 Å². The molecule has 2 aromatic carbocycles. The summed E-state index contributed by atoms with van der Waals surface area (Å²) in [4.78, 5) is 32.7. The number of fused-ring (bicyclic) bond motifs is 1. The van der Waals surface area contributed by atoms with E-state index >= 15 is 0 Å². The molecule has 2 amide bonds. The SMILES string of the molecule is Nc1nc2ccc(C(=O)N3CCN(C(=O)/C=C/c4ccc(C(F)(F)F)cc4)CC3)cc2s1. The molecule has 1 aromatic heterocycles. The Morgan fingerprint density at radius 1 is 1.00 bits per heavy atom. The molecule has 3 aromatic rings. The minimum atomic E-state index is -4.39. The Bertz CT molecular complexity index is 1180. The summed E-state index contributed by atoms with van der Waals surface area (Å²) in [6.07, 6.45) is -1.58. The first-order valence-corrected chi connectivity index (χ1v) is 10.6. The lowest BCUT2D eigenvalue weighted by atomic mass is 10.1. The molecule has 0 aliphatic carbocycles. The van der Waals surface area contributed by atoms with Gasteiger partial charge in [-0.15, -0.1) is 0 Å². The summed E-state index contributed by atoms with van der Waals surface area (Å²) in [7, 11) is 0. The average Bonchev–Trinajstić information content (AvgIpc) is 3.16. The monoisotopic (exact) mass is 460 g/mol. The quantitative estimate of drug-likeness (QED) is 0.602. The molecule has 1 fully saturated rings. The van der Waals surface area contributed by atoms with E-state index in [1.54, 1.807) is 28.0 Å². The summed E-state index contributed by atoms with van der Waals surface area (Å²) in [5.74, 6) is -0.371. The number of carbonyl (C=O) groups is 2. The molecule has 0 saturated carbocycles. The maximum Gasteiger partial charge on any atom is 0.416 e. The van der Waals surface area contributed by atoms with Crippen LogP contribution in [0.4, 0.5) is 18.3 Å². The number of nitrogens with two attached hydrogens (primary N) is 1. The Labute approximate surface area is 185 Å². The highest BCUT2D eigenvalue weighted by molar-refractivity contribution is 7.22. The number of thiazole rings is 1. The highest BCUT2D eigenvalue weighted by Gasteiger charge is 2.30. The van der Waals surface area contributed by atoms with Crippen LogP contribution in [0.15, 0.2) is 48.5 Å². The van der Waals surface area contributed by atoms with Gasteiger partial charge in [0.25, 0.3) is 5.91 Å². The van der Waals surface area contributed by atoms with E-state index in [4.69, 9.17) is 5.73 Å². The minimum absolute atomic E-state index is 0.119. The molecule has 2 heterocycles. The molecule has 1 aliphatic rings. The van der Waals surface area contributed by atoms with Crippen LogP contribution in [0.1, 0.15) is 21.5 Å². The zero-order valence-electron chi connectivity index (χ0n) is 16.8.